The van der Waals surface area contributed by atoms with Crippen molar-refractivity contribution in [2.45, 2.75) is 13.5 Å². The molecule has 7 nitrogen and oxygen atoms in total. The second-order valence-electron chi connectivity index (χ2n) is 6.05. The Morgan fingerprint density at radius 3 is 2.48 bits per heavy atom. The van der Waals surface area contributed by atoms with Gasteiger partial charge in [0.05, 0.1) is 23.3 Å². The van der Waals surface area contributed by atoms with Crippen LogP contribution in [0.2, 0.25) is 0 Å². The van der Waals surface area contributed by atoms with Crippen molar-refractivity contribution in [2.24, 2.45) is 0 Å². The van der Waals surface area contributed by atoms with Gasteiger partial charge in [-0.25, -0.2) is 14.0 Å². The minimum absolute atomic E-state index is 0.213. The van der Waals surface area contributed by atoms with Crippen molar-refractivity contribution < 1.29 is 9.53 Å². The number of aromatic nitrogens is 3. The Hall–Kier alpha value is -3.61. The molecular formula is C20H17N3O4. The average Bonchev–Trinajstić information content (AvgIpc) is 2.96. The van der Waals surface area contributed by atoms with E-state index in [1.807, 2.05) is 48.5 Å². The monoisotopic (exact) mass is 363 g/mol. The van der Waals surface area contributed by atoms with E-state index in [1.165, 1.54) is 4.57 Å². The van der Waals surface area contributed by atoms with Crippen molar-refractivity contribution in [1.29, 1.82) is 0 Å². The molecule has 0 atom stereocenters. The predicted octanol–water partition coefficient (Wildman–Crippen LogP) is 2.17. The van der Waals surface area contributed by atoms with Gasteiger partial charge in [-0.1, -0.05) is 48.5 Å². The highest BCUT2D eigenvalue weighted by Gasteiger charge is 2.22. The van der Waals surface area contributed by atoms with Gasteiger partial charge in [0.2, 0.25) is 0 Å². The first-order valence-corrected chi connectivity index (χ1v) is 8.59. The van der Waals surface area contributed by atoms with Gasteiger partial charge in [-0.2, -0.15) is 0 Å². The van der Waals surface area contributed by atoms with Crippen LogP contribution in [0.25, 0.3) is 27.7 Å². The minimum Gasteiger partial charge on any atom is -0.465 e. The van der Waals surface area contributed by atoms with Gasteiger partial charge in [-0.3, -0.25) is 9.36 Å². The summed E-state index contributed by atoms with van der Waals surface area (Å²) in [7, 11) is 0. The number of rotatable bonds is 4. The van der Waals surface area contributed by atoms with Gasteiger partial charge in [0.1, 0.15) is 6.54 Å². The number of H-pyrrole nitrogens is 1. The molecule has 0 unspecified atom stereocenters. The molecule has 0 radical (unpaired) electrons. The van der Waals surface area contributed by atoms with Gasteiger partial charge in [0.25, 0.3) is 0 Å². The standard InChI is InChI=1S/C20H17N3O4/c1-2-27-16(24)12-22-17(13-8-4-3-5-9-13)18-14-10-6-7-11-15(14)21-19(25)23(18)20(22)26/h3-11H,2,12H2,1H3,(H,21,25). The SMILES string of the molecule is CCOC(=O)Cn1c(-c2ccccc2)c2c3ccccc3[nH]c(=O)n2c1=O. The summed E-state index contributed by atoms with van der Waals surface area (Å²) >= 11 is 0. The summed E-state index contributed by atoms with van der Waals surface area (Å²) in [6.45, 7) is 1.64. The molecule has 0 bridgehead atoms. The highest BCUT2D eigenvalue weighted by atomic mass is 16.5. The van der Waals surface area contributed by atoms with Gasteiger partial charge < -0.3 is 9.72 Å². The fraction of sp³-hybridized carbons (Fsp3) is 0.150. The number of imidazole rings is 1. The smallest absolute Gasteiger partial charge is 0.338 e. The number of esters is 1. The van der Waals surface area contributed by atoms with E-state index in [2.05, 4.69) is 4.98 Å². The summed E-state index contributed by atoms with van der Waals surface area (Å²) in [6, 6.07) is 16.5. The normalized spacial score (nSPS) is 11.1. The summed E-state index contributed by atoms with van der Waals surface area (Å²) in [5.74, 6) is -0.534. The van der Waals surface area contributed by atoms with Crippen LogP contribution in [-0.4, -0.2) is 26.5 Å². The van der Waals surface area contributed by atoms with E-state index in [4.69, 9.17) is 4.74 Å². The van der Waals surface area contributed by atoms with E-state index in [0.717, 1.165) is 15.4 Å². The molecule has 0 saturated carbocycles. The first-order valence-electron chi connectivity index (χ1n) is 8.59. The lowest BCUT2D eigenvalue weighted by atomic mass is 10.1. The summed E-state index contributed by atoms with van der Waals surface area (Å²) in [5.41, 5.74) is 1.20. The molecule has 136 valence electrons. The quantitative estimate of drug-likeness (QED) is 0.563. The number of fused-ring (bicyclic) bond motifs is 3. The molecule has 2 aromatic carbocycles. The zero-order chi connectivity index (χ0) is 19.0. The third kappa shape index (κ3) is 2.73. The minimum atomic E-state index is -0.580. The number of ether oxygens (including phenoxy) is 1. The van der Waals surface area contributed by atoms with E-state index in [9.17, 15) is 14.4 Å². The number of aromatic amines is 1. The van der Waals surface area contributed by atoms with Crippen molar-refractivity contribution in [3.63, 3.8) is 0 Å². The van der Waals surface area contributed by atoms with Gasteiger partial charge >= 0.3 is 17.3 Å². The van der Waals surface area contributed by atoms with Crippen molar-refractivity contribution in [3.05, 3.63) is 75.6 Å². The van der Waals surface area contributed by atoms with Crippen LogP contribution in [0.5, 0.6) is 0 Å². The first-order chi connectivity index (χ1) is 13.1. The molecule has 0 amide bonds. The van der Waals surface area contributed by atoms with Crippen LogP contribution in [0.4, 0.5) is 0 Å². The van der Waals surface area contributed by atoms with Crippen LogP contribution in [0.15, 0.2) is 64.2 Å². The van der Waals surface area contributed by atoms with Gasteiger partial charge in [-0.05, 0) is 13.0 Å². The van der Waals surface area contributed by atoms with E-state index in [-0.39, 0.29) is 13.2 Å². The maximum Gasteiger partial charge on any atom is 0.338 e. The lowest BCUT2D eigenvalue weighted by molar-refractivity contribution is -0.143. The van der Waals surface area contributed by atoms with Crippen LogP contribution >= 0.6 is 0 Å². The predicted molar refractivity (Wildman–Crippen MR) is 102 cm³/mol. The van der Waals surface area contributed by atoms with Crippen molar-refractivity contribution in [2.75, 3.05) is 6.61 Å². The molecule has 4 aromatic rings. The molecule has 0 aliphatic rings. The van der Waals surface area contributed by atoms with Gasteiger partial charge in [-0.15, -0.1) is 0 Å². The largest absolute Gasteiger partial charge is 0.465 e. The van der Waals surface area contributed by atoms with Crippen LogP contribution in [0.3, 0.4) is 0 Å². The number of hydrogen-bond donors (Lipinski definition) is 1. The molecule has 2 heterocycles. The van der Waals surface area contributed by atoms with Crippen molar-refractivity contribution in [1.82, 2.24) is 14.0 Å². The van der Waals surface area contributed by atoms with Crippen LogP contribution in [0.1, 0.15) is 6.92 Å². The van der Waals surface area contributed by atoms with E-state index in [1.54, 1.807) is 13.0 Å². The third-order valence-electron chi connectivity index (χ3n) is 4.41. The molecular weight excluding hydrogens is 346 g/mol. The molecule has 2 aromatic heterocycles. The second-order valence-corrected chi connectivity index (χ2v) is 6.05. The Labute approximate surface area is 153 Å². The third-order valence-corrected chi connectivity index (χ3v) is 4.41. The van der Waals surface area contributed by atoms with Crippen LogP contribution in [0, 0.1) is 0 Å². The Balaban J connectivity index is 2.16. The highest BCUT2D eigenvalue weighted by Crippen LogP contribution is 2.28. The highest BCUT2D eigenvalue weighted by molar-refractivity contribution is 6.00. The number of carbonyl (C=O) groups is 1. The number of nitrogens with zero attached hydrogens (tertiary/aromatic N) is 2. The second kappa shape index (κ2) is 6.60. The summed E-state index contributed by atoms with van der Waals surface area (Å²) < 4.78 is 7.38. The maximum absolute atomic E-state index is 13.0. The van der Waals surface area contributed by atoms with E-state index in [0.29, 0.717) is 16.7 Å². The fourth-order valence-electron chi connectivity index (χ4n) is 3.32. The number of carbonyl (C=O) groups excluding carboxylic acids is 1. The fourth-order valence-corrected chi connectivity index (χ4v) is 3.32. The van der Waals surface area contributed by atoms with Crippen molar-refractivity contribution in [3.8, 4) is 11.3 Å². The zero-order valence-electron chi connectivity index (χ0n) is 14.6. The molecule has 27 heavy (non-hydrogen) atoms. The lowest BCUT2D eigenvalue weighted by Crippen LogP contribution is -2.31. The molecule has 0 saturated heterocycles. The van der Waals surface area contributed by atoms with Crippen molar-refractivity contribution >= 4 is 22.4 Å². The summed E-state index contributed by atoms with van der Waals surface area (Å²) in [5, 5.41) is 0.718. The Morgan fingerprint density at radius 2 is 1.74 bits per heavy atom. The molecule has 0 aliphatic heterocycles. The maximum atomic E-state index is 13.0. The number of hydrogen-bond acceptors (Lipinski definition) is 4. The first kappa shape index (κ1) is 16.8. The summed E-state index contributed by atoms with van der Waals surface area (Å²) in [6.07, 6.45) is 0. The Morgan fingerprint density at radius 1 is 1.04 bits per heavy atom. The van der Waals surface area contributed by atoms with Crippen LogP contribution in [-0.2, 0) is 16.1 Å². The molecule has 0 aliphatic carbocycles. The molecule has 4 rings (SSSR count). The Kier molecular flexibility index (Phi) is 4.12. The molecule has 1 N–H and O–H groups in total. The lowest BCUT2D eigenvalue weighted by Gasteiger charge is -2.08. The van der Waals surface area contributed by atoms with Crippen LogP contribution < -0.4 is 11.4 Å². The molecule has 0 spiro atoms. The zero-order valence-corrected chi connectivity index (χ0v) is 14.6. The Bertz CT molecular complexity index is 1270. The average molecular weight is 363 g/mol. The van der Waals surface area contributed by atoms with Gasteiger partial charge in [0.15, 0.2) is 0 Å². The molecule has 7 heteroatoms. The van der Waals surface area contributed by atoms with Gasteiger partial charge in [0, 0.05) is 10.9 Å². The summed E-state index contributed by atoms with van der Waals surface area (Å²) in [4.78, 5) is 40.4. The number of nitrogens with one attached hydrogen (secondary N) is 1. The van der Waals surface area contributed by atoms with E-state index < -0.39 is 17.3 Å². The number of benzene rings is 2. The number of para-hydroxylation sites is 1. The topological polar surface area (TPSA) is 85.6 Å². The molecule has 0 fully saturated rings. The van der Waals surface area contributed by atoms with E-state index >= 15 is 0 Å².